The lowest BCUT2D eigenvalue weighted by Gasteiger charge is -2.44. The number of nitrogens with one attached hydrogen (secondary N) is 2. The Kier molecular flexibility index (Phi) is 8.58. The molecule has 2 fully saturated rings. The zero-order valence-corrected chi connectivity index (χ0v) is 24.4. The number of benzene rings is 1. The number of piperazine rings is 1. The molecule has 0 aliphatic carbocycles. The number of ether oxygens (including phenoxy) is 1. The molecule has 2 aliphatic heterocycles. The number of aromatic nitrogens is 2. The van der Waals surface area contributed by atoms with E-state index < -0.39 is 34.6 Å². The van der Waals surface area contributed by atoms with Crippen molar-refractivity contribution in [2.75, 3.05) is 56.7 Å². The Morgan fingerprint density at radius 3 is 2.44 bits per heavy atom. The molecule has 0 saturated carbocycles. The van der Waals surface area contributed by atoms with E-state index in [0.29, 0.717) is 51.7 Å². The molecular weight excluding hydrogens is 592 g/mol. The molecule has 43 heavy (non-hydrogen) atoms. The number of rotatable bonds is 5. The first-order valence-electron chi connectivity index (χ1n) is 13.6. The van der Waals surface area contributed by atoms with Crippen molar-refractivity contribution in [1.29, 1.82) is 0 Å². The number of carbonyl (C=O) groups excluding carboxylic acids is 2. The number of halogens is 4. The highest BCUT2D eigenvalue weighted by atomic mass is 32.1. The van der Waals surface area contributed by atoms with Gasteiger partial charge >= 0.3 is 6.18 Å². The molecule has 10 nitrogen and oxygen atoms in total. The zero-order chi connectivity index (χ0) is 31.1. The number of morpholine rings is 1. The predicted octanol–water partition coefficient (Wildman–Crippen LogP) is 3.91. The van der Waals surface area contributed by atoms with Crippen molar-refractivity contribution in [3.8, 4) is 10.6 Å². The molecule has 2 atom stereocenters. The lowest BCUT2D eigenvalue weighted by atomic mass is 10.1. The smallest absolute Gasteiger partial charge is 0.378 e. The first-order chi connectivity index (χ1) is 20.3. The van der Waals surface area contributed by atoms with Crippen LogP contribution in [0, 0.1) is 5.82 Å². The maximum absolute atomic E-state index is 15.7. The van der Waals surface area contributed by atoms with Crippen molar-refractivity contribution < 1.29 is 31.9 Å². The van der Waals surface area contributed by atoms with Gasteiger partial charge in [0, 0.05) is 67.5 Å². The SMILES string of the molecule is CC1CN(c2cc(F)c(-c3nc(C(=O)N4CCOCC4)cs3)cc2NC(=O)c2c[nH]c(=O)cc2C(F)(F)F)CC(C)N1C. The van der Waals surface area contributed by atoms with Gasteiger partial charge in [0.1, 0.15) is 16.5 Å². The van der Waals surface area contributed by atoms with Crippen LogP contribution in [0.1, 0.15) is 40.3 Å². The first-order valence-corrected chi connectivity index (χ1v) is 14.5. The highest BCUT2D eigenvalue weighted by molar-refractivity contribution is 7.13. The molecule has 15 heteroatoms. The van der Waals surface area contributed by atoms with E-state index in [-0.39, 0.29) is 45.6 Å². The van der Waals surface area contributed by atoms with Crippen molar-refractivity contribution >= 4 is 34.5 Å². The standard InChI is InChI=1S/C28H30F4N6O4S/c1-15-12-38(13-16(2)36(15)3)23-10-20(29)17(26-35-22(14-43-26)27(41)37-4-6-42-7-5-37)8-21(23)34-25(40)18-11-33-24(39)9-19(18)28(30,31)32/h8-11,14-16H,4-7,12-13H2,1-3H3,(H,33,39)(H,34,40). The molecule has 4 heterocycles. The van der Waals surface area contributed by atoms with Gasteiger partial charge in [-0.2, -0.15) is 13.2 Å². The molecule has 2 aromatic heterocycles. The number of likely N-dealkylation sites (N-methyl/N-ethyl adjacent to an activating group) is 1. The van der Waals surface area contributed by atoms with Crippen LogP contribution in [0.2, 0.25) is 0 Å². The quantitative estimate of drug-likeness (QED) is 0.416. The summed E-state index contributed by atoms with van der Waals surface area (Å²) in [5.41, 5.74) is -2.78. The second-order valence-corrected chi connectivity index (χ2v) is 11.5. The third kappa shape index (κ3) is 6.43. The highest BCUT2D eigenvalue weighted by Gasteiger charge is 2.36. The summed E-state index contributed by atoms with van der Waals surface area (Å²) in [6, 6.07) is 2.96. The highest BCUT2D eigenvalue weighted by Crippen LogP contribution is 2.38. The maximum atomic E-state index is 15.7. The Morgan fingerprint density at radius 1 is 1.12 bits per heavy atom. The third-order valence-corrected chi connectivity index (χ3v) is 8.64. The van der Waals surface area contributed by atoms with Crippen LogP contribution in [-0.4, -0.2) is 90.1 Å². The normalized spacial score (nSPS) is 19.9. The van der Waals surface area contributed by atoms with Crippen molar-refractivity contribution in [3.05, 3.63) is 62.8 Å². The van der Waals surface area contributed by atoms with E-state index in [4.69, 9.17) is 4.74 Å². The van der Waals surface area contributed by atoms with Gasteiger partial charge in [0.2, 0.25) is 5.56 Å². The number of thiazole rings is 1. The Morgan fingerprint density at radius 2 is 1.79 bits per heavy atom. The average Bonchev–Trinajstić information content (AvgIpc) is 3.46. The van der Waals surface area contributed by atoms with Crippen molar-refractivity contribution in [2.24, 2.45) is 0 Å². The topological polar surface area (TPSA) is 111 Å². The van der Waals surface area contributed by atoms with Gasteiger partial charge in [-0.05, 0) is 27.0 Å². The van der Waals surface area contributed by atoms with Gasteiger partial charge in [0.25, 0.3) is 11.8 Å². The summed E-state index contributed by atoms with van der Waals surface area (Å²) in [5, 5.41) is 4.20. The molecule has 2 amide bonds. The van der Waals surface area contributed by atoms with Crippen LogP contribution in [0.15, 0.2) is 34.6 Å². The Hall–Kier alpha value is -3.82. The Bertz CT molecular complexity index is 1570. The van der Waals surface area contributed by atoms with Gasteiger partial charge < -0.3 is 24.8 Å². The lowest BCUT2D eigenvalue weighted by molar-refractivity contribution is -0.138. The van der Waals surface area contributed by atoms with Gasteiger partial charge in [0.05, 0.1) is 35.7 Å². The van der Waals surface area contributed by atoms with Crippen molar-refractivity contribution in [1.82, 2.24) is 19.8 Å². The van der Waals surface area contributed by atoms with E-state index in [0.717, 1.165) is 11.3 Å². The summed E-state index contributed by atoms with van der Waals surface area (Å²) in [6.07, 6.45) is -4.26. The molecule has 3 aromatic rings. The van der Waals surface area contributed by atoms with E-state index in [1.807, 2.05) is 25.8 Å². The molecule has 0 bridgehead atoms. The predicted molar refractivity (Wildman–Crippen MR) is 153 cm³/mol. The molecular formula is C28H30F4N6O4S. The van der Waals surface area contributed by atoms with Crippen LogP contribution in [0.4, 0.5) is 28.9 Å². The van der Waals surface area contributed by atoms with Gasteiger partial charge in [0.15, 0.2) is 0 Å². The van der Waals surface area contributed by atoms with Crippen molar-refractivity contribution in [2.45, 2.75) is 32.1 Å². The summed E-state index contributed by atoms with van der Waals surface area (Å²) in [5.74, 6) is -2.14. The first kappa shape index (κ1) is 30.6. The minimum atomic E-state index is -4.97. The molecule has 0 spiro atoms. The summed E-state index contributed by atoms with van der Waals surface area (Å²) < 4.78 is 62.2. The number of hydrogen-bond acceptors (Lipinski definition) is 8. The van der Waals surface area contributed by atoms with E-state index >= 15 is 4.39 Å². The Balaban J connectivity index is 1.54. The lowest BCUT2D eigenvalue weighted by Crippen LogP contribution is -2.55. The fourth-order valence-corrected chi connectivity index (χ4v) is 6.01. The molecule has 1 aromatic carbocycles. The number of hydrogen-bond donors (Lipinski definition) is 2. The largest absolute Gasteiger partial charge is 0.417 e. The zero-order valence-electron chi connectivity index (χ0n) is 23.6. The van der Waals surface area contributed by atoms with Gasteiger partial charge in [-0.25, -0.2) is 9.37 Å². The molecule has 2 N–H and O–H groups in total. The van der Waals surface area contributed by atoms with Gasteiger partial charge in [-0.15, -0.1) is 11.3 Å². The number of alkyl halides is 3. The molecule has 2 aliphatic rings. The number of amides is 2. The second-order valence-electron chi connectivity index (χ2n) is 10.6. The number of anilines is 2. The number of aromatic amines is 1. The molecule has 0 radical (unpaired) electrons. The van der Waals surface area contributed by atoms with Crippen LogP contribution in [0.3, 0.4) is 0 Å². The maximum Gasteiger partial charge on any atom is 0.417 e. The molecule has 2 unspecified atom stereocenters. The van der Waals surface area contributed by atoms with Crippen LogP contribution < -0.4 is 15.8 Å². The number of nitrogens with zero attached hydrogens (tertiary/aromatic N) is 4. The second kappa shape index (κ2) is 12.1. The number of pyridine rings is 1. The third-order valence-electron chi connectivity index (χ3n) is 7.76. The van der Waals surface area contributed by atoms with Crippen LogP contribution >= 0.6 is 11.3 Å². The van der Waals surface area contributed by atoms with E-state index in [1.165, 1.54) is 17.5 Å². The molecule has 5 rings (SSSR count). The average molecular weight is 623 g/mol. The van der Waals surface area contributed by atoms with Crippen molar-refractivity contribution in [3.63, 3.8) is 0 Å². The van der Waals surface area contributed by atoms with Gasteiger partial charge in [-0.3, -0.25) is 19.3 Å². The minimum Gasteiger partial charge on any atom is -0.378 e. The summed E-state index contributed by atoms with van der Waals surface area (Å²) in [4.78, 5) is 49.9. The minimum absolute atomic E-state index is 0.0298. The molecule has 2 saturated heterocycles. The molecule has 230 valence electrons. The monoisotopic (exact) mass is 622 g/mol. The summed E-state index contributed by atoms with van der Waals surface area (Å²) in [6.45, 7) is 6.51. The van der Waals surface area contributed by atoms with E-state index in [2.05, 4.69) is 20.2 Å². The van der Waals surface area contributed by atoms with Crippen LogP contribution in [0.25, 0.3) is 10.6 Å². The van der Waals surface area contributed by atoms with Crippen LogP contribution in [0.5, 0.6) is 0 Å². The fourth-order valence-electron chi connectivity index (χ4n) is 5.20. The summed E-state index contributed by atoms with van der Waals surface area (Å²) in [7, 11) is 1.96. The number of H-pyrrole nitrogens is 1. The fraction of sp³-hybridized carbons (Fsp3) is 0.429. The van der Waals surface area contributed by atoms with Crippen LogP contribution in [-0.2, 0) is 10.9 Å². The Labute approximate surface area is 248 Å². The van der Waals surface area contributed by atoms with E-state index in [9.17, 15) is 27.6 Å². The van der Waals surface area contributed by atoms with E-state index in [1.54, 1.807) is 4.90 Å². The summed E-state index contributed by atoms with van der Waals surface area (Å²) >= 11 is 1.03. The van der Waals surface area contributed by atoms with Gasteiger partial charge in [-0.1, -0.05) is 0 Å². The number of carbonyl (C=O) groups is 2.